The molecule has 0 saturated carbocycles. The van der Waals surface area contributed by atoms with Crippen molar-refractivity contribution in [3.8, 4) is 5.75 Å². The van der Waals surface area contributed by atoms with E-state index in [-0.39, 0.29) is 5.56 Å². The molecular formula is C16H13N5O2S. The number of thiophene rings is 1. The molecule has 0 radical (unpaired) electrons. The maximum Gasteiger partial charge on any atom is 0.271 e. The number of hydrogen-bond acceptors (Lipinski definition) is 7. The first-order valence-electron chi connectivity index (χ1n) is 7.17. The SMILES string of the molecule is COc1ccc(Nc2ncnc3sc4c(=O)n(C)cnc4c23)cc1. The number of ether oxygens (including phenoxy) is 1. The van der Waals surface area contributed by atoms with Crippen molar-refractivity contribution >= 4 is 43.3 Å². The molecule has 4 aromatic rings. The Hall–Kier alpha value is -3.00. The van der Waals surface area contributed by atoms with Crippen molar-refractivity contribution in [3.05, 3.63) is 47.3 Å². The third-order valence-corrected chi connectivity index (χ3v) is 4.77. The van der Waals surface area contributed by atoms with E-state index in [0.29, 0.717) is 16.0 Å². The van der Waals surface area contributed by atoms with E-state index in [2.05, 4.69) is 20.3 Å². The van der Waals surface area contributed by atoms with Crippen LogP contribution in [-0.2, 0) is 7.05 Å². The molecule has 0 aliphatic rings. The molecule has 0 spiro atoms. The van der Waals surface area contributed by atoms with Gasteiger partial charge in [0.1, 0.15) is 32.9 Å². The third kappa shape index (κ3) is 2.28. The molecule has 0 aliphatic heterocycles. The Kier molecular flexibility index (Phi) is 3.39. The number of fused-ring (bicyclic) bond motifs is 3. The lowest BCUT2D eigenvalue weighted by Gasteiger charge is -2.07. The van der Waals surface area contributed by atoms with Crippen molar-refractivity contribution in [3.63, 3.8) is 0 Å². The van der Waals surface area contributed by atoms with E-state index in [4.69, 9.17) is 4.74 Å². The Morgan fingerprint density at radius 2 is 1.96 bits per heavy atom. The summed E-state index contributed by atoms with van der Waals surface area (Å²) < 4.78 is 7.20. The number of methoxy groups -OCH3 is 1. The van der Waals surface area contributed by atoms with Gasteiger partial charge in [0, 0.05) is 12.7 Å². The number of benzene rings is 1. The predicted molar refractivity (Wildman–Crippen MR) is 94.2 cm³/mol. The summed E-state index contributed by atoms with van der Waals surface area (Å²) >= 11 is 1.33. The Morgan fingerprint density at radius 1 is 1.17 bits per heavy atom. The van der Waals surface area contributed by atoms with E-state index >= 15 is 0 Å². The Labute approximate surface area is 140 Å². The second-order valence-corrected chi connectivity index (χ2v) is 6.20. The van der Waals surface area contributed by atoms with Crippen LogP contribution in [0.5, 0.6) is 5.75 Å². The largest absolute Gasteiger partial charge is 0.497 e. The molecule has 0 aliphatic carbocycles. The summed E-state index contributed by atoms with van der Waals surface area (Å²) in [7, 11) is 3.31. The molecule has 1 aromatic carbocycles. The van der Waals surface area contributed by atoms with Crippen LogP contribution in [0.1, 0.15) is 0 Å². The number of nitrogens with zero attached hydrogens (tertiary/aromatic N) is 4. The number of aromatic nitrogens is 4. The molecule has 0 atom stereocenters. The van der Waals surface area contributed by atoms with Crippen LogP contribution in [-0.4, -0.2) is 26.6 Å². The standard InChI is InChI=1S/C16H13N5O2S/c1-21-8-19-12-11-14(20-9-3-5-10(23-2)6-4-9)17-7-18-15(11)24-13(12)16(21)22/h3-8H,1-2H3,(H,17,18,20). The predicted octanol–water partition coefficient (Wildman–Crippen LogP) is 2.69. The molecule has 120 valence electrons. The first-order chi connectivity index (χ1) is 11.7. The molecule has 0 fully saturated rings. The highest BCUT2D eigenvalue weighted by Gasteiger charge is 2.16. The summed E-state index contributed by atoms with van der Waals surface area (Å²) in [5, 5.41) is 4.02. The van der Waals surface area contributed by atoms with E-state index in [1.165, 1.54) is 28.6 Å². The normalized spacial score (nSPS) is 11.1. The zero-order valence-electron chi connectivity index (χ0n) is 13.0. The summed E-state index contributed by atoms with van der Waals surface area (Å²) in [5.41, 5.74) is 1.40. The van der Waals surface area contributed by atoms with Crippen molar-refractivity contribution in [2.75, 3.05) is 12.4 Å². The molecule has 8 heteroatoms. The summed E-state index contributed by atoms with van der Waals surface area (Å²) in [5.74, 6) is 1.40. The quantitative estimate of drug-likeness (QED) is 0.618. The third-order valence-electron chi connectivity index (χ3n) is 3.69. The van der Waals surface area contributed by atoms with Crippen molar-refractivity contribution in [2.45, 2.75) is 0 Å². The van der Waals surface area contributed by atoms with E-state index in [1.54, 1.807) is 14.2 Å². The summed E-state index contributed by atoms with van der Waals surface area (Å²) in [6, 6.07) is 7.52. The number of nitrogens with one attached hydrogen (secondary N) is 1. The fraction of sp³-hybridized carbons (Fsp3) is 0.125. The molecule has 3 heterocycles. The van der Waals surface area contributed by atoms with Crippen molar-refractivity contribution in [1.82, 2.24) is 19.5 Å². The van der Waals surface area contributed by atoms with Gasteiger partial charge in [0.15, 0.2) is 0 Å². The molecule has 4 rings (SSSR count). The highest BCUT2D eigenvalue weighted by Crippen LogP contribution is 2.34. The lowest BCUT2D eigenvalue weighted by atomic mass is 10.2. The number of anilines is 2. The van der Waals surface area contributed by atoms with E-state index in [1.807, 2.05) is 24.3 Å². The fourth-order valence-corrected chi connectivity index (χ4v) is 3.52. The van der Waals surface area contributed by atoms with Gasteiger partial charge >= 0.3 is 0 Å². The van der Waals surface area contributed by atoms with E-state index in [9.17, 15) is 4.79 Å². The molecule has 0 bridgehead atoms. The van der Waals surface area contributed by atoms with Gasteiger partial charge in [-0.2, -0.15) is 0 Å². The molecule has 7 nitrogen and oxygen atoms in total. The van der Waals surface area contributed by atoms with Gasteiger partial charge in [-0.15, -0.1) is 11.3 Å². The number of rotatable bonds is 3. The minimum absolute atomic E-state index is 0.0848. The number of hydrogen-bond donors (Lipinski definition) is 1. The second kappa shape index (κ2) is 5.57. The smallest absolute Gasteiger partial charge is 0.271 e. The average molecular weight is 339 g/mol. The van der Waals surface area contributed by atoms with Crippen LogP contribution in [0, 0.1) is 0 Å². The maximum atomic E-state index is 12.3. The van der Waals surface area contributed by atoms with Gasteiger partial charge in [-0.25, -0.2) is 15.0 Å². The van der Waals surface area contributed by atoms with Crippen molar-refractivity contribution < 1.29 is 4.74 Å². The van der Waals surface area contributed by atoms with Gasteiger partial charge in [0.2, 0.25) is 0 Å². The fourth-order valence-electron chi connectivity index (χ4n) is 2.45. The summed E-state index contributed by atoms with van der Waals surface area (Å²) in [6.45, 7) is 0. The van der Waals surface area contributed by atoms with E-state index in [0.717, 1.165) is 21.7 Å². The molecule has 3 aromatic heterocycles. The van der Waals surface area contributed by atoms with Crippen LogP contribution in [0.2, 0.25) is 0 Å². The van der Waals surface area contributed by atoms with Gasteiger partial charge in [0.25, 0.3) is 5.56 Å². The highest BCUT2D eigenvalue weighted by molar-refractivity contribution is 7.25. The van der Waals surface area contributed by atoms with Gasteiger partial charge in [-0.1, -0.05) is 0 Å². The Morgan fingerprint density at radius 3 is 2.71 bits per heavy atom. The van der Waals surface area contributed by atoms with Crippen LogP contribution in [0.3, 0.4) is 0 Å². The number of aryl methyl sites for hydroxylation is 1. The molecule has 24 heavy (non-hydrogen) atoms. The Bertz CT molecular complexity index is 1100. The zero-order chi connectivity index (χ0) is 16.7. The van der Waals surface area contributed by atoms with Gasteiger partial charge in [-0.05, 0) is 24.3 Å². The first kappa shape index (κ1) is 14.6. The lowest BCUT2D eigenvalue weighted by molar-refractivity contribution is 0.415. The summed E-state index contributed by atoms with van der Waals surface area (Å²) in [4.78, 5) is 26.0. The van der Waals surface area contributed by atoms with Crippen LogP contribution in [0.15, 0.2) is 41.7 Å². The van der Waals surface area contributed by atoms with Gasteiger partial charge < -0.3 is 14.6 Å². The molecule has 1 N–H and O–H groups in total. The molecular weight excluding hydrogens is 326 g/mol. The maximum absolute atomic E-state index is 12.3. The lowest BCUT2D eigenvalue weighted by Crippen LogP contribution is -2.15. The Balaban J connectivity index is 1.88. The van der Waals surface area contributed by atoms with Crippen molar-refractivity contribution in [1.29, 1.82) is 0 Å². The molecule has 0 unspecified atom stereocenters. The molecule has 0 saturated heterocycles. The first-order valence-corrected chi connectivity index (χ1v) is 7.99. The monoisotopic (exact) mass is 339 g/mol. The second-order valence-electron chi connectivity index (χ2n) is 5.20. The van der Waals surface area contributed by atoms with Crippen LogP contribution >= 0.6 is 11.3 Å². The highest BCUT2D eigenvalue weighted by atomic mass is 32.1. The zero-order valence-corrected chi connectivity index (χ0v) is 13.8. The minimum atomic E-state index is -0.0848. The van der Waals surface area contributed by atoms with Gasteiger partial charge in [-0.3, -0.25) is 4.79 Å². The summed E-state index contributed by atoms with van der Waals surface area (Å²) in [6.07, 6.45) is 3.00. The molecule has 0 amide bonds. The van der Waals surface area contributed by atoms with Gasteiger partial charge in [0.05, 0.1) is 18.8 Å². The topological polar surface area (TPSA) is 81.9 Å². The van der Waals surface area contributed by atoms with Crippen molar-refractivity contribution in [2.24, 2.45) is 7.05 Å². The van der Waals surface area contributed by atoms with Crippen LogP contribution in [0.4, 0.5) is 11.5 Å². The average Bonchev–Trinajstić information content (AvgIpc) is 2.99. The van der Waals surface area contributed by atoms with Crippen LogP contribution in [0.25, 0.3) is 20.4 Å². The van der Waals surface area contributed by atoms with Crippen LogP contribution < -0.4 is 15.6 Å². The minimum Gasteiger partial charge on any atom is -0.497 e. The van der Waals surface area contributed by atoms with E-state index < -0.39 is 0 Å².